The average molecular weight is 476 g/mol. The third-order valence-corrected chi connectivity index (χ3v) is 6.46. The van der Waals surface area contributed by atoms with Crippen LogP contribution in [0.3, 0.4) is 0 Å². The van der Waals surface area contributed by atoms with Crippen LogP contribution in [0.25, 0.3) is 11.0 Å². The normalized spacial score (nSPS) is 16.9. The number of halogens is 1. The lowest BCUT2D eigenvalue weighted by atomic mass is 10.1. The number of imidazole rings is 1. The zero-order valence-electron chi connectivity index (χ0n) is 18.9. The molecule has 0 unspecified atom stereocenters. The first kappa shape index (κ1) is 22.4. The van der Waals surface area contributed by atoms with E-state index in [9.17, 15) is 9.90 Å². The minimum absolute atomic E-state index is 0.0721. The van der Waals surface area contributed by atoms with Crippen LogP contribution in [0.15, 0.2) is 72.8 Å². The first-order valence-corrected chi connectivity index (χ1v) is 11.7. The summed E-state index contributed by atoms with van der Waals surface area (Å²) in [6.07, 6.45) is -0.402. The van der Waals surface area contributed by atoms with Gasteiger partial charge in [-0.1, -0.05) is 48.0 Å². The van der Waals surface area contributed by atoms with Crippen molar-refractivity contribution in [1.82, 2.24) is 9.55 Å². The van der Waals surface area contributed by atoms with E-state index >= 15 is 0 Å². The van der Waals surface area contributed by atoms with Gasteiger partial charge in [-0.2, -0.15) is 0 Å². The zero-order chi connectivity index (χ0) is 23.7. The minimum atomic E-state index is -0.780. The number of aromatic nitrogens is 2. The smallest absolute Gasteiger partial charge is 0.227 e. The average Bonchev–Trinajstić information content (AvgIpc) is 3.39. The SMILES string of the molecule is Cc1cccc(N2C[C@H](c3nc4ccccc4n3C[C@H](O)COc3ccccc3Cl)CC2=O)c1. The van der Waals surface area contributed by atoms with E-state index < -0.39 is 6.10 Å². The monoisotopic (exact) mass is 475 g/mol. The molecule has 7 heteroatoms. The van der Waals surface area contributed by atoms with Crippen LogP contribution in [0, 0.1) is 6.92 Å². The standard InChI is InChI=1S/C27H26ClN3O3/c1-18-7-6-8-20(13-18)30-15-19(14-26(30)33)27-29-23-10-3-4-11-24(23)31(27)16-21(32)17-34-25-12-5-2-9-22(25)28/h2-13,19,21,32H,14-17H2,1H3/t19-,21+/m1/s1. The van der Waals surface area contributed by atoms with Gasteiger partial charge < -0.3 is 19.3 Å². The third kappa shape index (κ3) is 4.52. The van der Waals surface area contributed by atoms with Crippen molar-refractivity contribution in [2.75, 3.05) is 18.1 Å². The molecule has 0 radical (unpaired) electrons. The summed E-state index contributed by atoms with van der Waals surface area (Å²) >= 11 is 6.17. The maximum Gasteiger partial charge on any atom is 0.227 e. The number of carbonyl (C=O) groups is 1. The fourth-order valence-corrected chi connectivity index (χ4v) is 4.73. The highest BCUT2D eigenvalue weighted by Gasteiger charge is 2.35. The Morgan fingerprint density at radius 3 is 2.74 bits per heavy atom. The molecule has 1 saturated heterocycles. The molecule has 1 aromatic heterocycles. The van der Waals surface area contributed by atoms with Gasteiger partial charge in [0, 0.05) is 24.6 Å². The number of hydrogen-bond acceptors (Lipinski definition) is 4. The lowest BCUT2D eigenvalue weighted by Crippen LogP contribution is -2.26. The van der Waals surface area contributed by atoms with Crippen LogP contribution in [0.2, 0.25) is 5.02 Å². The first-order chi connectivity index (χ1) is 16.5. The molecule has 0 saturated carbocycles. The number of ether oxygens (including phenoxy) is 1. The Labute approximate surface area is 203 Å². The van der Waals surface area contributed by atoms with Gasteiger partial charge in [0.25, 0.3) is 0 Å². The lowest BCUT2D eigenvalue weighted by molar-refractivity contribution is -0.117. The molecule has 1 aliphatic heterocycles. The highest BCUT2D eigenvalue weighted by molar-refractivity contribution is 6.32. The predicted octanol–water partition coefficient (Wildman–Crippen LogP) is 4.96. The summed E-state index contributed by atoms with van der Waals surface area (Å²) in [7, 11) is 0. The van der Waals surface area contributed by atoms with Crippen molar-refractivity contribution in [2.24, 2.45) is 0 Å². The van der Waals surface area contributed by atoms with Gasteiger partial charge in [0.05, 0.1) is 22.6 Å². The molecule has 5 rings (SSSR count). The molecule has 0 bridgehead atoms. The van der Waals surface area contributed by atoms with E-state index in [-0.39, 0.29) is 18.4 Å². The quantitative estimate of drug-likeness (QED) is 0.410. The van der Waals surface area contributed by atoms with E-state index in [1.165, 1.54) is 0 Å². The molecule has 34 heavy (non-hydrogen) atoms. The van der Waals surface area contributed by atoms with Crippen LogP contribution in [0.5, 0.6) is 5.75 Å². The summed E-state index contributed by atoms with van der Waals surface area (Å²) in [6.45, 7) is 2.97. The second-order valence-corrected chi connectivity index (χ2v) is 9.12. The van der Waals surface area contributed by atoms with E-state index in [0.717, 1.165) is 28.1 Å². The Bertz CT molecular complexity index is 1340. The molecule has 1 fully saturated rings. The Kier molecular flexibility index (Phi) is 6.26. The number of benzene rings is 3. The largest absolute Gasteiger partial charge is 0.489 e. The fourth-order valence-electron chi connectivity index (χ4n) is 4.53. The highest BCUT2D eigenvalue weighted by atomic mass is 35.5. The van der Waals surface area contributed by atoms with Crippen LogP contribution in [0.1, 0.15) is 23.7 Å². The second-order valence-electron chi connectivity index (χ2n) is 8.71. The number of aliphatic hydroxyl groups excluding tert-OH is 1. The Morgan fingerprint density at radius 2 is 1.91 bits per heavy atom. The molecule has 1 aliphatic rings. The van der Waals surface area contributed by atoms with Crippen molar-refractivity contribution in [2.45, 2.75) is 31.9 Å². The van der Waals surface area contributed by atoms with Crippen LogP contribution < -0.4 is 9.64 Å². The van der Waals surface area contributed by atoms with E-state index in [4.69, 9.17) is 21.3 Å². The Balaban J connectivity index is 1.39. The van der Waals surface area contributed by atoms with Crippen molar-refractivity contribution in [3.63, 3.8) is 0 Å². The van der Waals surface area contributed by atoms with E-state index in [1.807, 2.05) is 77.1 Å². The summed E-state index contributed by atoms with van der Waals surface area (Å²) in [4.78, 5) is 19.6. The van der Waals surface area contributed by atoms with E-state index in [0.29, 0.717) is 30.3 Å². The Hall–Kier alpha value is -3.35. The topological polar surface area (TPSA) is 67.6 Å². The minimum Gasteiger partial charge on any atom is -0.489 e. The van der Waals surface area contributed by atoms with Gasteiger partial charge in [-0.05, 0) is 48.9 Å². The second kappa shape index (κ2) is 9.49. The van der Waals surface area contributed by atoms with Gasteiger partial charge in [0.15, 0.2) is 0 Å². The molecule has 0 spiro atoms. The van der Waals surface area contributed by atoms with Crippen LogP contribution in [-0.2, 0) is 11.3 Å². The Morgan fingerprint density at radius 1 is 1.12 bits per heavy atom. The molecule has 4 aromatic rings. The molecule has 2 atom stereocenters. The van der Waals surface area contributed by atoms with Crippen molar-refractivity contribution in [3.05, 3.63) is 89.2 Å². The van der Waals surface area contributed by atoms with Gasteiger partial charge in [-0.25, -0.2) is 4.98 Å². The van der Waals surface area contributed by atoms with E-state index in [2.05, 4.69) is 0 Å². The van der Waals surface area contributed by atoms with Gasteiger partial charge >= 0.3 is 0 Å². The van der Waals surface area contributed by atoms with Crippen LogP contribution in [-0.4, -0.2) is 39.8 Å². The number of aliphatic hydroxyl groups is 1. The van der Waals surface area contributed by atoms with Gasteiger partial charge in [-0.15, -0.1) is 0 Å². The predicted molar refractivity (Wildman–Crippen MR) is 134 cm³/mol. The molecule has 6 nitrogen and oxygen atoms in total. The number of anilines is 1. The number of nitrogens with zero attached hydrogens (tertiary/aromatic N) is 3. The molecule has 2 heterocycles. The van der Waals surface area contributed by atoms with Gasteiger partial charge in [-0.3, -0.25) is 4.79 Å². The molecular formula is C27H26ClN3O3. The number of carbonyl (C=O) groups excluding carboxylic acids is 1. The zero-order valence-corrected chi connectivity index (χ0v) is 19.7. The molecular weight excluding hydrogens is 450 g/mol. The molecule has 3 aromatic carbocycles. The first-order valence-electron chi connectivity index (χ1n) is 11.4. The van der Waals surface area contributed by atoms with E-state index in [1.54, 1.807) is 12.1 Å². The fraction of sp³-hybridized carbons (Fsp3) is 0.259. The van der Waals surface area contributed by atoms with Gasteiger partial charge in [0.2, 0.25) is 5.91 Å². The summed E-state index contributed by atoms with van der Waals surface area (Å²) in [5.41, 5.74) is 3.79. The maximum atomic E-state index is 12.9. The highest BCUT2D eigenvalue weighted by Crippen LogP contribution is 2.33. The summed E-state index contributed by atoms with van der Waals surface area (Å²) in [5, 5.41) is 11.3. The van der Waals surface area contributed by atoms with Crippen molar-refractivity contribution in [1.29, 1.82) is 0 Å². The third-order valence-electron chi connectivity index (χ3n) is 6.15. The molecule has 174 valence electrons. The molecule has 0 aliphatic carbocycles. The number of aryl methyl sites for hydroxylation is 1. The number of para-hydroxylation sites is 3. The van der Waals surface area contributed by atoms with Crippen molar-refractivity contribution < 1.29 is 14.6 Å². The number of fused-ring (bicyclic) bond motifs is 1. The number of amides is 1. The summed E-state index contributed by atoms with van der Waals surface area (Å²) in [6, 6.07) is 23.0. The molecule has 1 N–H and O–H groups in total. The van der Waals surface area contributed by atoms with Crippen LogP contribution >= 0.6 is 11.6 Å². The van der Waals surface area contributed by atoms with Crippen LogP contribution in [0.4, 0.5) is 5.69 Å². The van der Waals surface area contributed by atoms with Gasteiger partial charge in [0.1, 0.15) is 24.3 Å². The maximum absolute atomic E-state index is 12.9. The molecule has 1 amide bonds. The summed E-state index contributed by atoms with van der Waals surface area (Å²) < 4.78 is 7.77. The number of hydrogen-bond donors (Lipinski definition) is 1. The van der Waals surface area contributed by atoms with Crippen molar-refractivity contribution >= 4 is 34.2 Å². The lowest BCUT2D eigenvalue weighted by Gasteiger charge is -2.19. The van der Waals surface area contributed by atoms with Crippen molar-refractivity contribution in [3.8, 4) is 5.75 Å². The summed E-state index contributed by atoms with van der Waals surface area (Å²) in [5.74, 6) is 1.35. The number of rotatable bonds is 7.